The predicted molar refractivity (Wildman–Crippen MR) is 90.0 cm³/mol. The highest BCUT2D eigenvalue weighted by atomic mass is 19.4. The van der Waals surface area contributed by atoms with Crippen molar-refractivity contribution in [3.8, 4) is 0 Å². The smallest absolute Gasteiger partial charge is 0.390 e. The number of halogens is 3. The fourth-order valence-corrected chi connectivity index (χ4v) is 2.94. The third kappa shape index (κ3) is 4.82. The second-order valence-corrected chi connectivity index (χ2v) is 6.35. The summed E-state index contributed by atoms with van der Waals surface area (Å²) in [7, 11) is 0. The van der Waals surface area contributed by atoms with Gasteiger partial charge in [0.2, 0.25) is 12.2 Å². The van der Waals surface area contributed by atoms with E-state index in [0.717, 1.165) is 23.1 Å². The first-order valence-corrected chi connectivity index (χ1v) is 8.42. The van der Waals surface area contributed by atoms with Crippen molar-refractivity contribution in [2.24, 2.45) is 0 Å². The molecule has 0 atom stereocenters. The van der Waals surface area contributed by atoms with Crippen molar-refractivity contribution in [2.45, 2.75) is 19.3 Å². The van der Waals surface area contributed by atoms with E-state index in [4.69, 9.17) is 0 Å². The van der Waals surface area contributed by atoms with Gasteiger partial charge in [0, 0.05) is 37.8 Å². The zero-order valence-electron chi connectivity index (χ0n) is 14.7. The lowest BCUT2D eigenvalue weighted by molar-refractivity contribution is -0.394. The SMILES string of the molecule is O=C(Cn1cnc([N+](=O)[O-])n1)N1CCN(Cc2cccc(C(F)(F)F)c2)CC1. The minimum Gasteiger partial charge on any atom is -0.390 e. The number of amides is 1. The molecule has 0 N–H and O–H groups in total. The predicted octanol–water partition coefficient (Wildman–Crippen LogP) is 1.55. The summed E-state index contributed by atoms with van der Waals surface area (Å²) in [5.74, 6) is -0.822. The molecule has 2 heterocycles. The summed E-state index contributed by atoms with van der Waals surface area (Å²) in [4.78, 5) is 29.2. The van der Waals surface area contributed by atoms with Crippen LogP contribution in [0, 0.1) is 10.1 Å². The molecule has 0 spiro atoms. The van der Waals surface area contributed by atoms with Crippen molar-refractivity contribution < 1.29 is 22.9 Å². The second-order valence-electron chi connectivity index (χ2n) is 6.35. The minimum atomic E-state index is -4.38. The number of rotatable bonds is 5. The third-order valence-electron chi connectivity index (χ3n) is 4.37. The van der Waals surface area contributed by atoms with Gasteiger partial charge in [0.25, 0.3) is 0 Å². The molecule has 28 heavy (non-hydrogen) atoms. The van der Waals surface area contributed by atoms with Gasteiger partial charge in [-0.05, 0) is 16.6 Å². The topological polar surface area (TPSA) is 97.4 Å². The van der Waals surface area contributed by atoms with Gasteiger partial charge < -0.3 is 15.0 Å². The van der Waals surface area contributed by atoms with E-state index < -0.39 is 22.6 Å². The van der Waals surface area contributed by atoms with Crippen LogP contribution in [0.5, 0.6) is 0 Å². The molecule has 1 amide bonds. The van der Waals surface area contributed by atoms with Gasteiger partial charge in [0.1, 0.15) is 6.54 Å². The first kappa shape index (κ1) is 19.7. The Morgan fingerprint density at radius 2 is 1.93 bits per heavy atom. The largest absolute Gasteiger partial charge is 0.490 e. The fourth-order valence-electron chi connectivity index (χ4n) is 2.94. The number of aromatic nitrogens is 3. The van der Waals surface area contributed by atoms with Gasteiger partial charge in [0.15, 0.2) is 0 Å². The molecule has 1 aliphatic heterocycles. The van der Waals surface area contributed by atoms with Crippen molar-refractivity contribution in [3.05, 3.63) is 51.8 Å². The zero-order chi connectivity index (χ0) is 20.3. The zero-order valence-corrected chi connectivity index (χ0v) is 14.7. The van der Waals surface area contributed by atoms with Gasteiger partial charge >= 0.3 is 12.1 Å². The average Bonchev–Trinajstić information content (AvgIpc) is 3.11. The summed E-state index contributed by atoms with van der Waals surface area (Å²) in [6.45, 7) is 2.05. The summed E-state index contributed by atoms with van der Waals surface area (Å²) < 4.78 is 39.5. The maximum atomic E-state index is 12.8. The number of carbonyl (C=O) groups is 1. The third-order valence-corrected chi connectivity index (χ3v) is 4.37. The molecule has 3 rings (SSSR count). The molecule has 2 aromatic rings. The molecule has 1 fully saturated rings. The van der Waals surface area contributed by atoms with Crippen LogP contribution in [-0.2, 0) is 24.1 Å². The average molecular weight is 398 g/mol. The van der Waals surface area contributed by atoms with E-state index in [-0.39, 0.29) is 12.5 Å². The molecule has 150 valence electrons. The lowest BCUT2D eigenvalue weighted by Gasteiger charge is -2.34. The van der Waals surface area contributed by atoms with Crippen LogP contribution in [0.4, 0.5) is 19.1 Å². The Bertz CT molecular complexity index is 861. The molecule has 0 saturated carbocycles. The molecule has 0 bridgehead atoms. The minimum absolute atomic E-state index is 0.158. The molecular formula is C16H17F3N6O3. The first-order chi connectivity index (χ1) is 13.2. The first-order valence-electron chi connectivity index (χ1n) is 8.42. The molecule has 1 aromatic carbocycles. The van der Waals surface area contributed by atoms with Crippen LogP contribution in [0.25, 0.3) is 0 Å². The van der Waals surface area contributed by atoms with E-state index >= 15 is 0 Å². The second kappa shape index (κ2) is 7.92. The van der Waals surface area contributed by atoms with E-state index in [1.54, 1.807) is 11.0 Å². The van der Waals surface area contributed by atoms with E-state index in [2.05, 4.69) is 10.1 Å². The molecule has 0 radical (unpaired) electrons. The Kier molecular flexibility index (Phi) is 5.58. The summed E-state index contributed by atoms with van der Waals surface area (Å²) in [5, 5.41) is 14.2. The summed E-state index contributed by atoms with van der Waals surface area (Å²) in [5.41, 5.74) is -0.120. The molecule has 1 saturated heterocycles. The van der Waals surface area contributed by atoms with E-state index in [1.807, 2.05) is 4.90 Å². The van der Waals surface area contributed by atoms with Gasteiger partial charge in [-0.3, -0.25) is 9.69 Å². The highest BCUT2D eigenvalue weighted by molar-refractivity contribution is 5.76. The van der Waals surface area contributed by atoms with Gasteiger partial charge in [-0.15, -0.1) is 0 Å². The van der Waals surface area contributed by atoms with Crippen molar-refractivity contribution in [1.82, 2.24) is 24.6 Å². The Morgan fingerprint density at radius 1 is 1.21 bits per heavy atom. The Hall–Kier alpha value is -3.02. The number of nitro groups is 1. The molecule has 0 unspecified atom stereocenters. The van der Waals surface area contributed by atoms with Crippen molar-refractivity contribution in [1.29, 1.82) is 0 Å². The molecule has 9 nitrogen and oxygen atoms in total. The van der Waals surface area contributed by atoms with Crippen LogP contribution >= 0.6 is 0 Å². The van der Waals surface area contributed by atoms with Crippen molar-refractivity contribution in [2.75, 3.05) is 26.2 Å². The highest BCUT2D eigenvalue weighted by Gasteiger charge is 2.30. The van der Waals surface area contributed by atoms with E-state index in [1.165, 1.54) is 6.07 Å². The van der Waals surface area contributed by atoms with Crippen molar-refractivity contribution in [3.63, 3.8) is 0 Å². The Morgan fingerprint density at radius 3 is 2.54 bits per heavy atom. The van der Waals surface area contributed by atoms with Crippen LogP contribution in [0.3, 0.4) is 0 Å². The molecular weight excluding hydrogens is 381 g/mol. The van der Waals surface area contributed by atoms with Crippen LogP contribution in [0.15, 0.2) is 30.6 Å². The lowest BCUT2D eigenvalue weighted by atomic mass is 10.1. The monoisotopic (exact) mass is 398 g/mol. The van der Waals surface area contributed by atoms with Gasteiger partial charge in [-0.25, -0.2) is 0 Å². The Labute approximate surface area is 157 Å². The van der Waals surface area contributed by atoms with Crippen LogP contribution < -0.4 is 0 Å². The number of piperazine rings is 1. The maximum absolute atomic E-state index is 12.8. The standard InChI is InChI=1S/C16H17F3N6O3/c17-16(18,19)13-3-1-2-12(8-13)9-22-4-6-23(7-5-22)14(26)10-24-11-20-15(21-24)25(27)28/h1-3,8,11H,4-7,9-10H2. The van der Waals surface area contributed by atoms with Crippen molar-refractivity contribution >= 4 is 11.9 Å². The highest BCUT2D eigenvalue weighted by Crippen LogP contribution is 2.29. The molecule has 12 heteroatoms. The number of alkyl halides is 3. The molecule has 1 aromatic heterocycles. The quantitative estimate of drug-likeness (QED) is 0.560. The summed E-state index contributed by atoms with van der Waals surface area (Å²) in [6, 6.07) is 5.20. The lowest BCUT2D eigenvalue weighted by Crippen LogP contribution is -2.49. The number of nitrogens with zero attached hydrogens (tertiary/aromatic N) is 6. The number of benzene rings is 1. The molecule has 1 aliphatic rings. The normalized spacial score (nSPS) is 15.6. The maximum Gasteiger partial charge on any atom is 0.490 e. The molecule has 0 aliphatic carbocycles. The number of carbonyl (C=O) groups excluding carboxylic acids is 1. The van der Waals surface area contributed by atoms with E-state index in [0.29, 0.717) is 38.3 Å². The van der Waals surface area contributed by atoms with Gasteiger partial charge in [-0.1, -0.05) is 23.2 Å². The summed E-state index contributed by atoms with van der Waals surface area (Å²) in [6.07, 6.45) is -3.25. The van der Waals surface area contributed by atoms with Crippen LogP contribution in [0.1, 0.15) is 11.1 Å². The van der Waals surface area contributed by atoms with Crippen LogP contribution in [-0.4, -0.2) is 61.6 Å². The van der Waals surface area contributed by atoms with Gasteiger partial charge in [-0.2, -0.15) is 17.9 Å². The number of hydrogen-bond donors (Lipinski definition) is 0. The van der Waals surface area contributed by atoms with Gasteiger partial charge in [0.05, 0.1) is 5.56 Å². The fraction of sp³-hybridized carbons (Fsp3) is 0.438. The van der Waals surface area contributed by atoms with E-state index in [9.17, 15) is 28.1 Å². The number of hydrogen-bond acceptors (Lipinski definition) is 6. The Balaban J connectivity index is 1.51. The summed E-state index contributed by atoms with van der Waals surface area (Å²) >= 11 is 0. The van der Waals surface area contributed by atoms with Crippen LogP contribution in [0.2, 0.25) is 0 Å².